The summed E-state index contributed by atoms with van der Waals surface area (Å²) in [5.41, 5.74) is 28.9. The van der Waals surface area contributed by atoms with Crippen molar-refractivity contribution in [3.63, 3.8) is 0 Å². The number of allylic oxidation sites excluding steroid dienone is 1. The number of hydrogen-bond donors (Lipinski definition) is 6. The highest BCUT2D eigenvalue weighted by Gasteiger charge is 2.33. The van der Waals surface area contributed by atoms with E-state index >= 15 is 0 Å². The largest absolute Gasteiger partial charge is 0.481 e. The van der Waals surface area contributed by atoms with Crippen LogP contribution in [0.25, 0.3) is 33.6 Å². The van der Waals surface area contributed by atoms with Crippen molar-refractivity contribution < 1.29 is 38.9 Å². The van der Waals surface area contributed by atoms with Gasteiger partial charge in [-0.1, -0.05) is 241 Å². The molecule has 0 spiro atoms. The molecule has 6 atom stereocenters. The van der Waals surface area contributed by atoms with Gasteiger partial charge in [-0.3, -0.25) is 19.2 Å². The number of nitrogens with one attached hydrogen (secondary N) is 2. The van der Waals surface area contributed by atoms with E-state index in [1.54, 1.807) is 19.1 Å². The zero-order valence-corrected chi connectivity index (χ0v) is 67.6. The summed E-state index contributed by atoms with van der Waals surface area (Å²) >= 11 is 0. The van der Waals surface area contributed by atoms with Crippen LogP contribution in [0.2, 0.25) is 0 Å². The van der Waals surface area contributed by atoms with Crippen molar-refractivity contribution in [2.45, 2.75) is 97.2 Å². The van der Waals surface area contributed by atoms with Crippen LogP contribution < -0.4 is 16.4 Å². The minimum atomic E-state index is -0.742. The predicted molar refractivity (Wildman–Crippen MR) is 455 cm³/mol. The molecule has 13 rings (SSSR count). The predicted octanol–water partition coefficient (Wildman–Crippen LogP) is 15.8. The van der Waals surface area contributed by atoms with Gasteiger partial charge in [0.15, 0.2) is 11.5 Å². The summed E-state index contributed by atoms with van der Waals surface area (Å²) in [6.45, 7) is 12.4. The first-order valence-electron chi connectivity index (χ1n) is 39.3. The van der Waals surface area contributed by atoms with Crippen molar-refractivity contribution in [2.75, 3.05) is 102 Å². The van der Waals surface area contributed by atoms with Crippen molar-refractivity contribution in [3.05, 3.63) is 314 Å². The van der Waals surface area contributed by atoms with Gasteiger partial charge in [0.25, 0.3) is 0 Å². The van der Waals surface area contributed by atoms with Crippen LogP contribution in [-0.4, -0.2) is 166 Å². The molecule has 0 saturated heterocycles. The van der Waals surface area contributed by atoms with Crippen molar-refractivity contribution in [1.82, 2.24) is 35.2 Å². The summed E-state index contributed by atoms with van der Waals surface area (Å²) in [4.78, 5) is 62.7. The van der Waals surface area contributed by atoms with Crippen LogP contribution in [0.15, 0.2) is 251 Å². The van der Waals surface area contributed by atoms with Gasteiger partial charge in [-0.2, -0.15) is 0 Å². The first-order chi connectivity index (χ1) is 53.9. The van der Waals surface area contributed by atoms with E-state index in [0.717, 1.165) is 128 Å². The minimum Gasteiger partial charge on any atom is -0.481 e. The Morgan fingerprint density at radius 1 is 0.429 bits per heavy atom. The maximum Gasteiger partial charge on any atom is 0.310 e. The average Bonchev–Trinajstić information content (AvgIpc) is 1.65. The highest BCUT2D eigenvalue weighted by molar-refractivity contribution is 6.01. The van der Waals surface area contributed by atoms with Crippen LogP contribution in [-0.2, 0) is 40.1 Å². The highest BCUT2D eigenvalue weighted by atomic mass is 16.4. The molecule has 6 unspecified atom stereocenters. The molecule has 588 valence electrons. The molecular weight excluding hydrogens is 1390 g/mol. The van der Waals surface area contributed by atoms with Gasteiger partial charge < -0.3 is 55.7 Å². The molecule has 0 bridgehead atoms. The number of aliphatic hydroxyl groups excluding tert-OH is 2. The monoisotopic (exact) mass is 1510 g/mol. The van der Waals surface area contributed by atoms with Crippen molar-refractivity contribution in [3.8, 4) is 11.3 Å². The molecule has 16 heteroatoms. The van der Waals surface area contributed by atoms with Gasteiger partial charge in [-0.25, -0.2) is 4.98 Å². The van der Waals surface area contributed by atoms with Crippen molar-refractivity contribution in [2.24, 2.45) is 23.5 Å². The third-order valence-electron chi connectivity index (χ3n) is 21.2. The summed E-state index contributed by atoms with van der Waals surface area (Å²) in [5.74, 6) is -0.148. The lowest BCUT2D eigenvalue weighted by molar-refractivity contribution is -0.139. The number of aromatic nitrogens is 1. The minimum absolute atomic E-state index is 0.0230. The molecule has 0 saturated carbocycles. The number of Topliss-reactive ketones (excluding diaryl/α,β-unsaturated/α-hetero) is 1. The topological polar surface area (TPSA) is 218 Å². The number of nitrogens with two attached hydrogens (primary N) is 1. The van der Waals surface area contributed by atoms with Crippen LogP contribution in [0.5, 0.6) is 0 Å². The Balaban J connectivity index is 0.000000166. The average molecular weight is 1510 g/mol. The Morgan fingerprint density at radius 2 is 0.759 bits per heavy atom. The third kappa shape index (κ3) is 23.7. The number of fused-ring (bicyclic) bond motifs is 4. The molecule has 0 aliphatic heterocycles. The van der Waals surface area contributed by atoms with E-state index in [2.05, 4.69) is 163 Å². The molecule has 1 heterocycles. The number of oxazole rings is 1. The van der Waals surface area contributed by atoms with Crippen molar-refractivity contribution in [1.29, 1.82) is 0 Å². The molecule has 9 aromatic rings. The van der Waals surface area contributed by atoms with E-state index in [4.69, 9.17) is 10.2 Å². The lowest BCUT2D eigenvalue weighted by atomic mass is 9.91. The molecule has 112 heavy (non-hydrogen) atoms. The van der Waals surface area contributed by atoms with E-state index in [0.29, 0.717) is 5.56 Å². The van der Waals surface area contributed by atoms with Crippen LogP contribution in [0, 0.1) is 17.8 Å². The lowest BCUT2D eigenvalue weighted by Crippen LogP contribution is -2.34. The second-order valence-corrected chi connectivity index (χ2v) is 30.6. The molecule has 2 amide bonds. The number of benzene rings is 8. The second-order valence-electron chi connectivity index (χ2n) is 30.6. The summed E-state index contributed by atoms with van der Waals surface area (Å²) < 4.78 is 6.18. The third-order valence-corrected chi connectivity index (χ3v) is 21.2. The number of aliphatic hydroxyl groups is 2. The summed E-state index contributed by atoms with van der Waals surface area (Å²) in [7, 11) is 16.6. The Kier molecular flexibility index (Phi) is 32.4. The first-order valence-corrected chi connectivity index (χ1v) is 39.3. The number of carbonyl (C=O) groups is 4. The molecule has 0 fully saturated rings. The number of nitrogens with zero attached hydrogens (tertiary/aromatic N) is 5. The normalized spacial score (nSPS) is 14.8. The maximum absolute atomic E-state index is 12.9. The van der Waals surface area contributed by atoms with Crippen LogP contribution in [0.1, 0.15) is 143 Å². The number of carboxylic acid groups (broad SMARTS) is 1. The highest BCUT2D eigenvalue weighted by Crippen LogP contribution is 2.45. The summed E-state index contributed by atoms with van der Waals surface area (Å²) in [6, 6.07) is 71.7. The van der Waals surface area contributed by atoms with Gasteiger partial charge >= 0.3 is 5.97 Å². The number of rotatable bonds is 29. The molecule has 8 aromatic carbocycles. The lowest BCUT2D eigenvalue weighted by Gasteiger charge is -2.19. The van der Waals surface area contributed by atoms with Gasteiger partial charge in [0.05, 0.1) is 48.6 Å². The smallest absolute Gasteiger partial charge is 0.310 e. The number of amides is 2. The number of ketones is 1. The first kappa shape index (κ1) is 85.7. The van der Waals surface area contributed by atoms with Crippen LogP contribution >= 0.6 is 0 Å². The fourth-order valence-corrected chi connectivity index (χ4v) is 15.0. The maximum atomic E-state index is 12.9. The van der Waals surface area contributed by atoms with Gasteiger partial charge in [0.1, 0.15) is 0 Å². The van der Waals surface area contributed by atoms with E-state index in [1.165, 1.54) is 66.8 Å². The number of hydrogen-bond acceptors (Lipinski definition) is 13. The second kappa shape index (κ2) is 42.4. The number of carbonyl (C=O) groups excluding carboxylic acids is 3. The van der Waals surface area contributed by atoms with E-state index < -0.39 is 24.1 Å². The van der Waals surface area contributed by atoms with Crippen LogP contribution in [0.3, 0.4) is 0 Å². The van der Waals surface area contributed by atoms with Gasteiger partial charge in [-0.05, 0) is 213 Å². The summed E-state index contributed by atoms with van der Waals surface area (Å²) in [5, 5.41) is 34.6. The molecule has 4 aliphatic carbocycles. The molecule has 16 nitrogen and oxygen atoms in total. The quantitative estimate of drug-likeness (QED) is 0.0240. The zero-order valence-electron chi connectivity index (χ0n) is 67.6. The Morgan fingerprint density at radius 3 is 1.14 bits per heavy atom. The van der Waals surface area contributed by atoms with Crippen molar-refractivity contribution >= 4 is 45.9 Å². The fourth-order valence-electron chi connectivity index (χ4n) is 15.0. The Bertz CT molecular complexity index is 4700. The molecule has 0 radical (unpaired) electrons. The molecule has 1 aromatic heterocycles. The standard InChI is InChI=1S/C24H30N2O2.C24H28N2O2.C24H26N2O.C16H21NO2.C8H11NO/c2*1-17(24(28)25-16-22(27)18-9-5-4-6-10-18)23-20(13-14-26(2)3)15-19-11-7-8-12-21(19)23;1-17(24-25-16-22(27-24)18-9-5-4-6-10-18)23-20(13-14-26(2)3)15-19-11-7-8-12-21(19)23;1-11(16(18)19)15-13(8-9-17(2)3)10-12-6-4-5-7-14(12)15;9-6-8(10)7-4-2-1-3-5-7/h4-12,17,22,27H,13-16H2,1-3H3,(H,25,28);4-12,17H,13-16H2,1-3H3,(H,25,28);4-12,16-17H,13-15H2,1-3H3;4-7,11H,8-10H2,1-3H3,(H,18,19);1-5,8,10H,6,9H2. The zero-order chi connectivity index (χ0) is 80.4. The number of carboxylic acids is 1. The molecular formula is C96H116N8O8. The van der Waals surface area contributed by atoms with Gasteiger partial charge in [0, 0.05) is 50.4 Å². The number of aliphatic carboxylic acids is 1. The Labute approximate surface area is 664 Å². The van der Waals surface area contributed by atoms with Gasteiger partial charge in [0.2, 0.25) is 17.7 Å². The van der Waals surface area contributed by atoms with Crippen LogP contribution in [0.4, 0.5) is 0 Å². The molecule has 7 N–H and O–H groups in total. The van der Waals surface area contributed by atoms with E-state index in [1.807, 2.05) is 162 Å². The van der Waals surface area contributed by atoms with E-state index in [-0.39, 0.29) is 55.0 Å². The molecule has 4 aliphatic rings. The Hall–Kier alpha value is -10.3. The fraction of sp³-hybridized carbons (Fsp3) is 0.344. The summed E-state index contributed by atoms with van der Waals surface area (Å²) in [6.07, 6.45) is 8.32. The van der Waals surface area contributed by atoms with Gasteiger partial charge in [-0.15, -0.1) is 0 Å². The van der Waals surface area contributed by atoms with E-state index in [9.17, 15) is 34.5 Å². The SMILES string of the molecule is CC(C(=O)NCC(=O)c1ccccc1)C1=C(CCN(C)C)Cc2ccccc21.CC(C(=O)NCC(O)c1ccccc1)C1=C(CCN(C)C)Cc2ccccc21.CC(C(=O)O)C1=C(CCN(C)C)Cc2ccccc21.CC(C1=C(CCN(C)C)Cc2ccccc21)c1ncc(-c2ccccc2)o1.NCC(O)c1ccccc1.